The molecule has 0 saturated carbocycles. The Labute approximate surface area is 114 Å². The maximum absolute atomic E-state index is 13.8. The van der Waals surface area contributed by atoms with Crippen LogP contribution in [0.15, 0.2) is 18.2 Å². The van der Waals surface area contributed by atoms with Gasteiger partial charge < -0.3 is 5.73 Å². The molecule has 104 valence electrons. The van der Waals surface area contributed by atoms with E-state index in [-0.39, 0.29) is 5.82 Å². The van der Waals surface area contributed by atoms with Crippen LogP contribution in [0.2, 0.25) is 0 Å². The molecule has 0 amide bonds. The first-order chi connectivity index (χ1) is 9.20. The van der Waals surface area contributed by atoms with Gasteiger partial charge in [-0.05, 0) is 55.3 Å². The van der Waals surface area contributed by atoms with E-state index in [1.54, 1.807) is 6.07 Å². The van der Waals surface area contributed by atoms with Crippen LogP contribution in [0.3, 0.4) is 0 Å². The first-order valence-electron chi connectivity index (χ1n) is 7.43. The number of piperidine rings is 1. The fourth-order valence-electron chi connectivity index (χ4n) is 3.84. The second-order valence-electron chi connectivity index (χ2n) is 6.12. The van der Waals surface area contributed by atoms with Crippen LogP contribution in [0, 0.1) is 11.7 Å². The van der Waals surface area contributed by atoms with Crippen molar-refractivity contribution in [2.75, 3.05) is 13.1 Å². The van der Waals surface area contributed by atoms with Crippen molar-refractivity contribution in [3.05, 3.63) is 35.1 Å². The molecule has 2 nitrogen and oxygen atoms in total. The molecule has 0 aromatic heterocycles. The number of nitrogens with zero attached hydrogens (tertiary/aromatic N) is 1. The summed E-state index contributed by atoms with van der Waals surface area (Å²) in [7, 11) is 0. The lowest BCUT2D eigenvalue weighted by molar-refractivity contribution is 0.0759. The van der Waals surface area contributed by atoms with E-state index < -0.39 is 0 Å². The van der Waals surface area contributed by atoms with E-state index in [0.717, 1.165) is 30.9 Å². The number of fused-ring (bicyclic) bond motifs is 1. The number of halogens is 1. The minimum Gasteiger partial charge on any atom is -0.329 e. The topological polar surface area (TPSA) is 29.3 Å². The van der Waals surface area contributed by atoms with E-state index in [0.29, 0.717) is 18.6 Å². The largest absolute Gasteiger partial charge is 0.329 e. The zero-order valence-electron chi connectivity index (χ0n) is 11.6. The van der Waals surface area contributed by atoms with Gasteiger partial charge in [-0.3, -0.25) is 4.90 Å². The monoisotopic (exact) mass is 262 g/mol. The van der Waals surface area contributed by atoms with Crippen molar-refractivity contribution in [1.82, 2.24) is 4.90 Å². The quantitative estimate of drug-likeness (QED) is 0.888. The summed E-state index contributed by atoms with van der Waals surface area (Å²) in [6.45, 7) is 4.12. The summed E-state index contributed by atoms with van der Waals surface area (Å²) in [5.74, 6) is 0.729. The lowest BCUT2D eigenvalue weighted by atomic mass is 9.90. The van der Waals surface area contributed by atoms with Gasteiger partial charge in [-0.25, -0.2) is 4.39 Å². The van der Waals surface area contributed by atoms with Crippen molar-refractivity contribution in [3.63, 3.8) is 0 Å². The van der Waals surface area contributed by atoms with Crippen LogP contribution in [-0.4, -0.2) is 24.0 Å². The van der Waals surface area contributed by atoms with Crippen molar-refractivity contribution in [2.24, 2.45) is 11.7 Å². The Morgan fingerprint density at radius 1 is 1.37 bits per heavy atom. The van der Waals surface area contributed by atoms with Crippen LogP contribution < -0.4 is 5.73 Å². The minimum atomic E-state index is -0.0327. The molecule has 0 spiro atoms. The lowest BCUT2D eigenvalue weighted by Crippen LogP contribution is -2.47. The average molecular weight is 262 g/mol. The van der Waals surface area contributed by atoms with E-state index >= 15 is 0 Å². The Balaban J connectivity index is 1.86. The highest BCUT2D eigenvalue weighted by Crippen LogP contribution is 2.40. The van der Waals surface area contributed by atoms with Gasteiger partial charge in [0.2, 0.25) is 0 Å². The number of hydrogen-bond donors (Lipinski definition) is 1. The highest BCUT2D eigenvalue weighted by atomic mass is 19.1. The Morgan fingerprint density at radius 3 is 3.00 bits per heavy atom. The molecule has 2 aliphatic rings. The standard InChI is InChI=1S/C16H23FN2/c1-11-7-8-19(12(9-11)10-18)16-6-5-13-14(16)3-2-4-15(13)17/h2-4,11-12,16H,5-10,18H2,1H3. The SMILES string of the molecule is CC1CCN(C2CCc3c(F)cccc32)C(CN)C1. The first kappa shape index (κ1) is 13.1. The van der Waals surface area contributed by atoms with E-state index in [1.807, 2.05) is 6.07 Å². The first-order valence-corrected chi connectivity index (χ1v) is 7.43. The van der Waals surface area contributed by atoms with E-state index in [1.165, 1.54) is 18.4 Å². The molecular formula is C16H23FN2. The van der Waals surface area contributed by atoms with E-state index in [4.69, 9.17) is 5.73 Å². The predicted molar refractivity (Wildman–Crippen MR) is 75.4 cm³/mol. The highest BCUT2D eigenvalue weighted by molar-refractivity contribution is 5.36. The van der Waals surface area contributed by atoms with Crippen molar-refractivity contribution < 1.29 is 4.39 Å². The highest BCUT2D eigenvalue weighted by Gasteiger charge is 2.35. The van der Waals surface area contributed by atoms with Gasteiger partial charge in [-0.15, -0.1) is 0 Å². The smallest absolute Gasteiger partial charge is 0.126 e. The molecule has 3 unspecified atom stereocenters. The Kier molecular flexibility index (Phi) is 3.59. The molecule has 0 bridgehead atoms. The zero-order chi connectivity index (χ0) is 13.4. The summed E-state index contributed by atoms with van der Waals surface area (Å²) in [6, 6.07) is 6.37. The molecule has 1 heterocycles. The summed E-state index contributed by atoms with van der Waals surface area (Å²) in [6.07, 6.45) is 4.33. The van der Waals surface area contributed by atoms with Crippen LogP contribution in [0.5, 0.6) is 0 Å². The van der Waals surface area contributed by atoms with Crippen LogP contribution in [0.1, 0.15) is 43.4 Å². The molecule has 3 atom stereocenters. The van der Waals surface area contributed by atoms with Crippen molar-refractivity contribution >= 4 is 0 Å². The van der Waals surface area contributed by atoms with Gasteiger partial charge in [0.15, 0.2) is 0 Å². The fraction of sp³-hybridized carbons (Fsp3) is 0.625. The third-order valence-corrected chi connectivity index (χ3v) is 4.88. The third kappa shape index (κ3) is 2.30. The van der Waals surface area contributed by atoms with Crippen LogP contribution >= 0.6 is 0 Å². The molecule has 1 aliphatic carbocycles. The molecular weight excluding hydrogens is 239 g/mol. The van der Waals surface area contributed by atoms with Crippen LogP contribution in [-0.2, 0) is 6.42 Å². The maximum atomic E-state index is 13.8. The fourth-order valence-corrected chi connectivity index (χ4v) is 3.84. The second kappa shape index (κ2) is 5.22. The predicted octanol–water partition coefficient (Wildman–Crippen LogP) is 2.87. The van der Waals surface area contributed by atoms with Crippen LogP contribution in [0.4, 0.5) is 4.39 Å². The normalized spacial score (nSPS) is 31.4. The van der Waals surface area contributed by atoms with Gasteiger partial charge >= 0.3 is 0 Å². The molecule has 19 heavy (non-hydrogen) atoms. The number of likely N-dealkylation sites (tertiary alicyclic amines) is 1. The van der Waals surface area contributed by atoms with E-state index in [9.17, 15) is 4.39 Å². The Hall–Kier alpha value is -0.930. The molecule has 3 heteroatoms. The minimum absolute atomic E-state index is 0.0327. The maximum Gasteiger partial charge on any atom is 0.126 e. The molecule has 1 aliphatic heterocycles. The summed E-state index contributed by atoms with van der Waals surface area (Å²) < 4.78 is 13.8. The molecule has 1 aromatic carbocycles. The third-order valence-electron chi connectivity index (χ3n) is 4.88. The zero-order valence-corrected chi connectivity index (χ0v) is 11.6. The second-order valence-corrected chi connectivity index (χ2v) is 6.12. The van der Waals surface area contributed by atoms with Crippen molar-refractivity contribution in [1.29, 1.82) is 0 Å². The van der Waals surface area contributed by atoms with Gasteiger partial charge in [0.25, 0.3) is 0 Å². The molecule has 1 saturated heterocycles. The Morgan fingerprint density at radius 2 is 2.21 bits per heavy atom. The van der Waals surface area contributed by atoms with Gasteiger partial charge in [0, 0.05) is 18.6 Å². The number of nitrogens with two attached hydrogens (primary N) is 1. The number of benzene rings is 1. The average Bonchev–Trinajstić information content (AvgIpc) is 2.84. The molecule has 3 rings (SSSR count). The Bertz CT molecular complexity index is 460. The summed E-state index contributed by atoms with van der Waals surface area (Å²) in [4.78, 5) is 2.53. The summed E-state index contributed by atoms with van der Waals surface area (Å²) in [5.41, 5.74) is 8.09. The summed E-state index contributed by atoms with van der Waals surface area (Å²) in [5, 5.41) is 0. The van der Waals surface area contributed by atoms with Crippen LogP contribution in [0.25, 0.3) is 0 Å². The molecule has 0 radical (unpaired) electrons. The molecule has 2 N–H and O–H groups in total. The van der Waals surface area contributed by atoms with Gasteiger partial charge in [0.05, 0.1) is 0 Å². The molecule has 1 fully saturated rings. The van der Waals surface area contributed by atoms with Gasteiger partial charge in [0.1, 0.15) is 5.82 Å². The molecule has 1 aromatic rings. The van der Waals surface area contributed by atoms with Crippen molar-refractivity contribution in [3.8, 4) is 0 Å². The lowest BCUT2D eigenvalue weighted by Gasteiger charge is -2.42. The number of rotatable bonds is 2. The summed E-state index contributed by atoms with van der Waals surface area (Å²) >= 11 is 0. The van der Waals surface area contributed by atoms with Gasteiger partial charge in [-0.2, -0.15) is 0 Å². The van der Waals surface area contributed by atoms with Crippen molar-refractivity contribution in [2.45, 2.75) is 44.7 Å². The van der Waals surface area contributed by atoms with Gasteiger partial charge in [-0.1, -0.05) is 19.1 Å². The van der Waals surface area contributed by atoms with E-state index in [2.05, 4.69) is 17.9 Å². The number of hydrogen-bond acceptors (Lipinski definition) is 2.